The molecule has 1 aliphatic heterocycles. The molecule has 0 saturated carbocycles. The Labute approximate surface area is 103 Å². The van der Waals surface area contributed by atoms with Crippen LogP contribution in [0.2, 0.25) is 0 Å². The van der Waals surface area contributed by atoms with Crippen LogP contribution in [0.5, 0.6) is 5.75 Å². The largest absolute Gasteiger partial charge is 0.494 e. The number of benzene rings is 1. The molecule has 0 aliphatic carbocycles. The zero-order valence-corrected chi connectivity index (χ0v) is 11.0. The summed E-state index contributed by atoms with van der Waals surface area (Å²) in [6.07, 6.45) is 2.02. The van der Waals surface area contributed by atoms with Gasteiger partial charge in [0, 0.05) is 15.6 Å². The topological polar surface area (TPSA) is 21.3 Å². The second-order valence-corrected chi connectivity index (χ2v) is 5.25. The van der Waals surface area contributed by atoms with Crippen LogP contribution in [-0.4, -0.2) is 13.7 Å². The molecule has 1 aliphatic rings. The smallest absolute Gasteiger partial charge is 0.170 e. The maximum Gasteiger partial charge on any atom is 0.170 e. The molecular formula is C12H15BrFNO. The summed E-state index contributed by atoms with van der Waals surface area (Å²) in [7, 11) is 1.49. The Hall–Kier alpha value is -0.610. The van der Waals surface area contributed by atoms with E-state index >= 15 is 0 Å². The number of ether oxygens (including phenoxy) is 1. The van der Waals surface area contributed by atoms with Crippen molar-refractivity contribution in [1.82, 2.24) is 5.32 Å². The maximum atomic E-state index is 14.2. The van der Waals surface area contributed by atoms with Gasteiger partial charge >= 0.3 is 0 Å². The third-order valence-corrected chi connectivity index (χ3v) is 3.64. The third-order valence-electron chi connectivity index (χ3n) is 3.19. The quantitative estimate of drug-likeness (QED) is 0.902. The summed E-state index contributed by atoms with van der Waals surface area (Å²) in [5.41, 5.74) is 0.400. The highest BCUT2D eigenvalue weighted by Gasteiger charge is 2.33. The Morgan fingerprint density at radius 3 is 2.81 bits per heavy atom. The molecule has 0 amide bonds. The van der Waals surface area contributed by atoms with Gasteiger partial charge in [-0.05, 0) is 38.4 Å². The van der Waals surface area contributed by atoms with Crippen molar-refractivity contribution >= 4 is 15.9 Å². The number of halogens is 2. The van der Waals surface area contributed by atoms with Gasteiger partial charge < -0.3 is 10.1 Å². The lowest BCUT2D eigenvalue weighted by atomic mass is 9.90. The van der Waals surface area contributed by atoms with Crippen molar-refractivity contribution in [3.63, 3.8) is 0 Å². The minimum absolute atomic E-state index is 0.261. The molecule has 4 heteroatoms. The van der Waals surface area contributed by atoms with E-state index in [2.05, 4.69) is 21.2 Å². The Kier molecular flexibility index (Phi) is 3.22. The molecule has 1 fully saturated rings. The van der Waals surface area contributed by atoms with E-state index in [1.165, 1.54) is 7.11 Å². The van der Waals surface area contributed by atoms with E-state index in [1.54, 1.807) is 6.07 Å². The molecule has 1 aromatic carbocycles. The van der Waals surface area contributed by atoms with Crippen LogP contribution in [0.25, 0.3) is 0 Å². The monoisotopic (exact) mass is 287 g/mol. The molecule has 0 aromatic heterocycles. The average Bonchev–Trinajstić information content (AvgIpc) is 2.69. The summed E-state index contributed by atoms with van der Waals surface area (Å²) in [5.74, 6) is 0.0295. The molecule has 0 bridgehead atoms. The van der Waals surface area contributed by atoms with Crippen LogP contribution in [0.1, 0.15) is 25.3 Å². The highest BCUT2D eigenvalue weighted by Crippen LogP contribution is 2.37. The first-order valence-electron chi connectivity index (χ1n) is 5.35. The average molecular weight is 288 g/mol. The first-order valence-corrected chi connectivity index (χ1v) is 6.15. The number of methoxy groups -OCH3 is 1. The van der Waals surface area contributed by atoms with Crippen molar-refractivity contribution < 1.29 is 9.13 Å². The number of hydrogen-bond acceptors (Lipinski definition) is 2. The minimum atomic E-state index is -0.277. The summed E-state index contributed by atoms with van der Waals surface area (Å²) in [5, 5.41) is 3.35. The van der Waals surface area contributed by atoms with Gasteiger partial charge in [0.1, 0.15) is 0 Å². The van der Waals surface area contributed by atoms with E-state index in [0.717, 1.165) is 23.9 Å². The molecule has 0 radical (unpaired) electrons. The van der Waals surface area contributed by atoms with E-state index in [4.69, 9.17) is 4.74 Å². The molecule has 1 atom stereocenters. The molecule has 1 saturated heterocycles. The Morgan fingerprint density at radius 2 is 2.25 bits per heavy atom. The normalized spacial score (nSPS) is 24.8. The van der Waals surface area contributed by atoms with E-state index in [1.807, 2.05) is 13.0 Å². The SMILES string of the molecule is COc1cc(Br)cc(C2(C)CCCN2)c1F. The lowest BCUT2D eigenvalue weighted by Gasteiger charge is -2.26. The second-order valence-electron chi connectivity index (χ2n) is 4.33. The molecule has 1 aromatic rings. The van der Waals surface area contributed by atoms with Crippen LogP contribution >= 0.6 is 15.9 Å². The van der Waals surface area contributed by atoms with Crippen molar-refractivity contribution in [3.8, 4) is 5.75 Å². The van der Waals surface area contributed by atoms with Gasteiger partial charge in [-0.15, -0.1) is 0 Å². The first-order chi connectivity index (χ1) is 7.57. The fraction of sp³-hybridized carbons (Fsp3) is 0.500. The summed E-state index contributed by atoms with van der Waals surface area (Å²) in [6.45, 7) is 2.97. The van der Waals surface area contributed by atoms with Gasteiger partial charge in [0.05, 0.1) is 7.11 Å². The van der Waals surface area contributed by atoms with E-state index in [9.17, 15) is 4.39 Å². The van der Waals surface area contributed by atoms with Crippen molar-refractivity contribution in [2.24, 2.45) is 0 Å². The molecule has 2 rings (SSSR count). The summed E-state index contributed by atoms with van der Waals surface area (Å²) >= 11 is 3.38. The maximum absolute atomic E-state index is 14.2. The highest BCUT2D eigenvalue weighted by atomic mass is 79.9. The van der Waals surface area contributed by atoms with E-state index in [-0.39, 0.29) is 11.4 Å². The standard InChI is InChI=1S/C12H15BrFNO/c1-12(4-3-5-15-12)9-6-8(13)7-10(16-2)11(9)14/h6-7,15H,3-5H2,1-2H3. The van der Waals surface area contributed by atoms with Crippen molar-refractivity contribution in [1.29, 1.82) is 0 Å². The molecule has 1 unspecified atom stereocenters. The molecule has 1 N–H and O–H groups in total. The predicted octanol–water partition coefficient (Wildman–Crippen LogP) is 3.20. The van der Waals surface area contributed by atoms with Gasteiger partial charge in [-0.2, -0.15) is 0 Å². The number of nitrogens with one attached hydrogen (secondary N) is 1. The van der Waals surface area contributed by atoms with Crippen LogP contribution in [0.15, 0.2) is 16.6 Å². The number of rotatable bonds is 2. The van der Waals surface area contributed by atoms with Crippen LogP contribution in [-0.2, 0) is 5.54 Å². The van der Waals surface area contributed by atoms with Gasteiger partial charge in [0.2, 0.25) is 0 Å². The van der Waals surface area contributed by atoms with Crippen LogP contribution < -0.4 is 10.1 Å². The van der Waals surface area contributed by atoms with Crippen molar-refractivity contribution in [3.05, 3.63) is 28.0 Å². The predicted molar refractivity (Wildman–Crippen MR) is 65.2 cm³/mol. The zero-order chi connectivity index (χ0) is 11.8. The lowest BCUT2D eigenvalue weighted by Crippen LogP contribution is -2.34. The fourth-order valence-electron chi connectivity index (χ4n) is 2.24. The molecule has 88 valence electrons. The summed E-state index contributed by atoms with van der Waals surface area (Å²) < 4.78 is 20.0. The molecule has 0 spiro atoms. The fourth-order valence-corrected chi connectivity index (χ4v) is 2.68. The van der Waals surface area contributed by atoms with Crippen LogP contribution in [0, 0.1) is 5.82 Å². The molecule has 2 nitrogen and oxygen atoms in total. The Bertz CT molecular complexity index is 402. The van der Waals surface area contributed by atoms with Gasteiger partial charge in [-0.1, -0.05) is 15.9 Å². The molecule has 1 heterocycles. The highest BCUT2D eigenvalue weighted by molar-refractivity contribution is 9.10. The van der Waals surface area contributed by atoms with Crippen LogP contribution in [0.4, 0.5) is 4.39 Å². The second kappa shape index (κ2) is 4.34. The molecule has 16 heavy (non-hydrogen) atoms. The van der Waals surface area contributed by atoms with Gasteiger partial charge in [-0.25, -0.2) is 4.39 Å². The Balaban J connectivity index is 2.51. The van der Waals surface area contributed by atoms with Crippen LogP contribution in [0.3, 0.4) is 0 Å². The van der Waals surface area contributed by atoms with E-state index < -0.39 is 0 Å². The van der Waals surface area contributed by atoms with Gasteiger partial charge in [-0.3, -0.25) is 0 Å². The van der Waals surface area contributed by atoms with Crippen molar-refractivity contribution in [2.75, 3.05) is 13.7 Å². The molecular weight excluding hydrogens is 273 g/mol. The third kappa shape index (κ3) is 1.96. The summed E-state index contributed by atoms with van der Waals surface area (Å²) in [6, 6.07) is 3.48. The first kappa shape index (κ1) is 11.9. The Morgan fingerprint density at radius 1 is 1.50 bits per heavy atom. The zero-order valence-electron chi connectivity index (χ0n) is 9.44. The lowest BCUT2D eigenvalue weighted by molar-refractivity contribution is 0.362. The van der Waals surface area contributed by atoms with Gasteiger partial charge in [0.15, 0.2) is 11.6 Å². The summed E-state index contributed by atoms with van der Waals surface area (Å²) in [4.78, 5) is 0. The van der Waals surface area contributed by atoms with Crippen molar-refractivity contribution in [2.45, 2.75) is 25.3 Å². The minimum Gasteiger partial charge on any atom is -0.494 e. The number of hydrogen-bond donors (Lipinski definition) is 1. The van der Waals surface area contributed by atoms with E-state index in [0.29, 0.717) is 11.3 Å². The van der Waals surface area contributed by atoms with Gasteiger partial charge in [0.25, 0.3) is 0 Å².